The van der Waals surface area contributed by atoms with Crippen molar-refractivity contribution in [2.45, 2.75) is 25.4 Å². The van der Waals surface area contributed by atoms with Gasteiger partial charge in [-0.25, -0.2) is 14.8 Å². The first-order valence-electron chi connectivity index (χ1n) is 9.30. The zero-order valence-electron chi connectivity index (χ0n) is 16.5. The minimum atomic E-state index is -1.65. The summed E-state index contributed by atoms with van der Waals surface area (Å²) in [6, 6.07) is 3.04. The summed E-state index contributed by atoms with van der Waals surface area (Å²) in [4.78, 5) is 60.2. The maximum atomic E-state index is 12.4. The van der Waals surface area contributed by atoms with Gasteiger partial charge in [0.1, 0.15) is 6.04 Å². The molecule has 2 aromatic heterocycles. The van der Waals surface area contributed by atoms with Gasteiger partial charge < -0.3 is 21.5 Å². The number of carbonyl (C=O) groups is 3. The number of carboxylic acids is 1. The molecule has 12 nitrogen and oxygen atoms in total. The van der Waals surface area contributed by atoms with Crippen LogP contribution in [0, 0.1) is 0 Å². The minimum Gasteiger partial charge on any atom is -0.480 e. The maximum absolute atomic E-state index is 12.4. The molecule has 1 aromatic carbocycles. The zero-order valence-corrected chi connectivity index (χ0v) is 16.5. The molecule has 0 unspecified atom stereocenters. The third-order valence-corrected chi connectivity index (χ3v) is 4.34. The van der Waals surface area contributed by atoms with Gasteiger partial charge in [0.15, 0.2) is 11.2 Å². The summed E-state index contributed by atoms with van der Waals surface area (Å²) in [5.41, 5.74) is 6.39. The van der Waals surface area contributed by atoms with Crippen LogP contribution >= 0.6 is 0 Å². The van der Waals surface area contributed by atoms with E-state index in [-0.39, 0.29) is 35.6 Å². The van der Waals surface area contributed by atoms with Crippen molar-refractivity contribution in [1.82, 2.24) is 25.3 Å². The number of halogens is 1. The Morgan fingerprint density at radius 1 is 1.19 bits per heavy atom. The minimum absolute atomic E-state index is 0.0490. The average Bonchev–Trinajstić information content (AvgIpc) is 2.75. The fraction of sp³-hybridized carbons (Fsp3) is 0.211. The molecule has 32 heavy (non-hydrogen) atoms. The van der Waals surface area contributed by atoms with Gasteiger partial charge in [0, 0.05) is 17.7 Å². The van der Waals surface area contributed by atoms with E-state index in [1.165, 1.54) is 18.3 Å². The Kier molecular flexibility index (Phi) is 6.68. The highest BCUT2D eigenvalue weighted by molar-refractivity contribution is 5.96. The van der Waals surface area contributed by atoms with Crippen molar-refractivity contribution in [1.29, 1.82) is 0 Å². The first kappa shape index (κ1) is 22.3. The standard InChI is InChI=1S/C19H18FN7O5/c20-13(28)6-5-12(18(31)32)25-16(29)9-1-3-10(4-2-9)22-7-11-8-23-15-14(24-11)17(30)27-19(21)26-15/h1-4,8,12,22H,5-7H2,(H,25,29)(H,31,32)(H3,21,23,26,27,30)/t12-/m0/s1. The van der Waals surface area contributed by atoms with Crippen molar-refractivity contribution >= 4 is 40.7 Å². The van der Waals surface area contributed by atoms with Gasteiger partial charge in [0.05, 0.1) is 18.4 Å². The number of nitrogen functional groups attached to an aromatic ring is 1. The van der Waals surface area contributed by atoms with Crippen LogP contribution in [-0.4, -0.2) is 49.0 Å². The third kappa shape index (κ3) is 5.59. The van der Waals surface area contributed by atoms with Gasteiger partial charge in [-0.15, -0.1) is 0 Å². The normalized spacial score (nSPS) is 11.7. The predicted molar refractivity (Wildman–Crippen MR) is 110 cm³/mol. The first-order chi connectivity index (χ1) is 15.2. The van der Waals surface area contributed by atoms with Gasteiger partial charge in [-0.3, -0.25) is 19.4 Å². The number of nitrogens with two attached hydrogens (primary N) is 1. The number of aliphatic carboxylic acids is 1. The number of hydrogen-bond acceptors (Lipinski definition) is 9. The van der Waals surface area contributed by atoms with Crippen LogP contribution in [0.25, 0.3) is 11.2 Å². The molecule has 0 aliphatic carbocycles. The highest BCUT2D eigenvalue weighted by Crippen LogP contribution is 2.12. The molecule has 0 saturated carbocycles. The molecular formula is C19H18FN7O5. The fourth-order valence-corrected chi connectivity index (χ4v) is 2.74. The smallest absolute Gasteiger partial charge is 0.326 e. The Hall–Kier alpha value is -4.42. The molecule has 166 valence electrons. The van der Waals surface area contributed by atoms with Crippen molar-refractivity contribution in [3.63, 3.8) is 0 Å². The maximum Gasteiger partial charge on any atom is 0.326 e. The number of aromatic nitrogens is 4. The number of carboxylic acid groups (broad SMARTS) is 1. The molecule has 0 radical (unpaired) electrons. The summed E-state index contributed by atoms with van der Waals surface area (Å²) in [6.45, 7) is 0.219. The molecule has 0 fully saturated rings. The second-order valence-electron chi connectivity index (χ2n) is 6.67. The second-order valence-corrected chi connectivity index (χ2v) is 6.67. The number of benzene rings is 1. The van der Waals surface area contributed by atoms with E-state index in [0.717, 1.165) is 0 Å². The predicted octanol–water partition coefficient (Wildman–Crippen LogP) is 0.367. The van der Waals surface area contributed by atoms with Crippen LogP contribution in [0.5, 0.6) is 0 Å². The summed E-state index contributed by atoms with van der Waals surface area (Å²) in [5, 5.41) is 14.4. The fourth-order valence-electron chi connectivity index (χ4n) is 2.74. The summed E-state index contributed by atoms with van der Waals surface area (Å²) in [5.74, 6) is -2.11. The van der Waals surface area contributed by atoms with Gasteiger partial charge in [0.25, 0.3) is 11.5 Å². The quantitative estimate of drug-likeness (QED) is 0.288. The number of nitrogens with one attached hydrogen (secondary N) is 3. The molecule has 1 atom stereocenters. The van der Waals surface area contributed by atoms with Crippen LogP contribution < -0.4 is 21.9 Å². The molecule has 13 heteroatoms. The van der Waals surface area contributed by atoms with Crippen molar-refractivity contribution in [3.8, 4) is 0 Å². The van der Waals surface area contributed by atoms with Crippen LogP contribution in [0.1, 0.15) is 28.9 Å². The lowest BCUT2D eigenvalue weighted by Gasteiger charge is -2.14. The summed E-state index contributed by atoms with van der Waals surface area (Å²) in [7, 11) is 0. The highest BCUT2D eigenvalue weighted by Gasteiger charge is 2.21. The Labute approximate surface area is 179 Å². The molecule has 3 aromatic rings. The molecule has 1 amide bonds. The van der Waals surface area contributed by atoms with E-state index in [1.54, 1.807) is 12.1 Å². The van der Waals surface area contributed by atoms with Crippen LogP contribution in [0.3, 0.4) is 0 Å². The average molecular weight is 443 g/mol. The van der Waals surface area contributed by atoms with Crippen LogP contribution in [0.2, 0.25) is 0 Å². The molecule has 3 rings (SSSR count). The molecule has 0 aliphatic heterocycles. The van der Waals surface area contributed by atoms with Gasteiger partial charge in [-0.1, -0.05) is 0 Å². The summed E-state index contributed by atoms with van der Waals surface area (Å²) in [6.07, 6.45) is 0.484. The van der Waals surface area contributed by atoms with Crippen LogP contribution in [-0.2, 0) is 16.1 Å². The first-order valence-corrected chi connectivity index (χ1v) is 9.30. The van der Waals surface area contributed by atoms with Crippen molar-refractivity contribution < 1.29 is 23.9 Å². The topological polar surface area (TPSA) is 193 Å². The lowest BCUT2D eigenvalue weighted by atomic mass is 10.1. The molecule has 6 N–H and O–H groups in total. The van der Waals surface area contributed by atoms with Gasteiger partial charge in [0.2, 0.25) is 5.95 Å². The molecular weight excluding hydrogens is 425 g/mol. The molecule has 0 aliphatic rings. The van der Waals surface area contributed by atoms with E-state index >= 15 is 0 Å². The lowest BCUT2D eigenvalue weighted by Crippen LogP contribution is -2.41. The van der Waals surface area contributed by atoms with Gasteiger partial charge in [-0.05, 0) is 30.7 Å². The number of hydrogen-bond donors (Lipinski definition) is 5. The lowest BCUT2D eigenvalue weighted by molar-refractivity contribution is -0.139. The van der Waals surface area contributed by atoms with Gasteiger partial charge in [-0.2, -0.15) is 9.37 Å². The highest BCUT2D eigenvalue weighted by atomic mass is 19.1. The van der Waals surface area contributed by atoms with E-state index < -0.39 is 35.9 Å². The third-order valence-electron chi connectivity index (χ3n) is 4.34. The van der Waals surface area contributed by atoms with Gasteiger partial charge >= 0.3 is 12.0 Å². The summed E-state index contributed by atoms with van der Waals surface area (Å²) >= 11 is 0. The Morgan fingerprint density at radius 2 is 1.91 bits per heavy atom. The van der Waals surface area contributed by atoms with E-state index in [9.17, 15) is 23.6 Å². The van der Waals surface area contributed by atoms with Crippen molar-refractivity contribution in [2.24, 2.45) is 0 Å². The van der Waals surface area contributed by atoms with Crippen molar-refractivity contribution in [3.05, 3.63) is 52.1 Å². The monoisotopic (exact) mass is 443 g/mol. The SMILES string of the molecule is Nc1nc2ncc(CNc3ccc(C(=O)N[C@@H](CCC(=O)F)C(=O)O)cc3)nc2c(=O)[nH]1. The van der Waals surface area contributed by atoms with E-state index in [2.05, 4.69) is 30.6 Å². The largest absolute Gasteiger partial charge is 0.480 e. The number of aromatic amines is 1. The number of rotatable bonds is 9. The molecule has 0 spiro atoms. The second kappa shape index (κ2) is 9.59. The number of anilines is 2. The van der Waals surface area contributed by atoms with Crippen LogP contribution in [0.15, 0.2) is 35.3 Å². The number of amides is 1. The van der Waals surface area contributed by atoms with E-state index in [0.29, 0.717) is 11.4 Å². The Bertz CT molecular complexity index is 1230. The number of H-pyrrole nitrogens is 1. The van der Waals surface area contributed by atoms with E-state index in [1.807, 2.05) is 0 Å². The Balaban J connectivity index is 1.62. The molecule has 2 heterocycles. The zero-order chi connectivity index (χ0) is 23.3. The van der Waals surface area contributed by atoms with Crippen molar-refractivity contribution in [2.75, 3.05) is 11.1 Å². The number of nitrogens with zero attached hydrogens (tertiary/aromatic N) is 3. The summed E-state index contributed by atoms with van der Waals surface area (Å²) < 4.78 is 12.4. The number of carbonyl (C=O) groups excluding carboxylic acids is 2. The van der Waals surface area contributed by atoms with Crippen LogP contribution in [0.4, 0.5) is 16.0 Å². The molecule has 0 saturated heterocycles. The molecule has 0 bridgehead atoms. The number of fused-ring (bicyclic) bond motifs is 1. The van der Waals surface area contributed by atoms with E-state index in [4.69, 9.17) is 10.8 Å². The Morgan fingerprint density at radius 3 is 2.56 bits per heavy atom.